The van der Waals surface area contributed by atoms with E-state index in [0.717, 1.165) is 5.56 Å². The van der Waals surface area contributed by atoms with E-state index in [9.17, 15) is 14.7 Å². The molecule has 0 saturated heterocycles. The third-order valence-electron chi connectivity index (χ3n) is 4.66. The summed E-state index contributed by atoms with van der Waals surface area (Å²) in [5.41, 5.74) is 1.80. The summed E-state index contributed by atoms with van der Waals surface area (Å²) in [4.78, 5) is 28.5. The van der Waals surface area contributed by atoms with Crippen molar-refractivity contribution in [3.05, 3.63) is 53.6 Å². The molecule has 0 bridgehead atoms. The molecule has 2 aromatic carbocycles. The number of aliphatic imine (C=N–C) groups is 1. The molecular weight excluding hydrogens is 364 g/mol. The fourth-order valence-corrected chi connectivity index (χ4v) is 3.26. The van der Waals surface area contributed by atoms with Crippen molar-refractivity contribution < 1.29 is 28.9 Å². The number of carbonyl (C=O) groups is 2. The van der Waals surface area contributed by atoms with Crippen molar-refractivity contribution in [1.82, 2.24) is 5.32 Å². The van der Waals surface area contributed by atoms with Crippen LogP contribution in [0.25, 0.3) is 0 Å². The quantitative estimate of drug-likeness (QED) is 0.788. The largest absolute Gasteiger partial charge is 0.508 e. The van der Waals surface area contributed by atoms with Gasteiger partial charge in [0.1, 0.15) is 18.3 Å². The van der Waals surface area contributed by atoms with E-state index in [1.165, 1.54) is 12.1 Å². The number of nitrogens with zero attached hydrogens (tertiary/aromatic N) is 1. The number of phenols is 1. The van der Waals surface area contributed by atoms with Crippen LogP contribution in [-0.2, 0) is 16.1 Å². The topological polar surface area (TPSA) is 106 Å². The number of hydrogen-bond acceptors (Lipinski definition) is 6. The minimum absolute atomic E-state index is 0.0511. The number of nitrogens with one attached hydrogen (secondary N) is 1. The summed E-state index contributed by atoms with van der Waals surface area (Å²) in [5.74, 6) is 0.0880. The fourth-order valence-electron chi connectivity index (χ4n) is 3.26. The van der Waals surface area contributed by atoms with Gasteiger partial charge in [0.25, 0.3) is 0 Å². The van der Waals surface area contributed by atoms with Gasteiger partial charge in [-0.15, -0.1) is 0 Å². The zero-order valence-electron chi connectivity index (χ0n) is 15.0. The van der Waals surface area contributed by atoms with Crippen molar-refractivity contribution in [1.29, 1.82) is 0 Å². The van der Waals surface area contributed by atoms with Crippen LogP contribution < -0.4 is 14.8 Å². The minimum atomic E-state index is -0.767. The van der Waals surface area contributed by atoms with Crippen LogP contribution in [0.15, 0.2) is 47.5 Å². The lowest BCUT2D eigenvalue weighted by atomic mass is 9.88. The van der Waals surface area contributed by atoms with Gasteiger partial charge in [-0.05, 0) is 42.3 Å². The van der Waals surface area contributed by atoms with Crippen LogP contribution in [0, 0.1) is 5.92 Å². The lowest BCUT2D eigenvalue weighted by molar-refractivity contribution is -0.148. The van der Waals surface area contributed by atoms with Gasteiger partial charge in [0.15, 0.2) is 11.5 Å². The van der Waals surface area contributed by atoms with Crippen LogP contribution in [0.3, 0.4) is 0 Å². The Labute approximate surface area is 160 Å². The molecule has 2 atom stereocenters. The Morgan fingerprint density at radius 2 is 1.96 bits per heavy atom. The molecule has 28 heavy (non-hydrogen) atoms. The monoisotopic (exact) mass is 382 g/mol. The third-order valence-corrected chi connectivity index (χ3v) is 4.66. The number of fused-ring (bicyclic) bond motifs is 1. The predicted molar refractivity (Wildman–Crippen MR) is 98.3 cm³/mol. The molecule has 0 aliphatic carbocycles. The van der Waals surface area contributed by atoms with Gasteiger partial charge in [-0.2, -0.15) is 0 Å². The smallest absolute Gasteiger partial charge is 0.341 e. The van der Waals surface area contributed by atoms with Crippen molar-refractivity contribution in [2.45, 2.75) is 19.6 Å². The molecular formula is C20H18N2O6. The van der Waals surface area contributed by atoms with E-state index in [1.54, 1.807) is 37.3 Å². The Kier molecular flexibility index (Phi) is 4.60. The van der Waals surface area contributed by atoms with Crippen molar-refractivity contribution >= 4 is 17.7 Å². The first-order chi connectivity index (χ1) is 13.5. The average Bonchev–Trinajstić information content (AvgIpc) is 3.14. The Morgan fingerprint density at radius 3 is 2.75 bits per heavy atom. The highest BCUT2D eigenvalue weighted by Gasteiger charge is 2.38. The Morgan fingerprint density at radius 1 is 1.21 bits per heavy atom. The molecule has 0 radical (unpaired) electrons. The van der Waals surface area contributed by atoms with Gasteiger partial charge in [0.2, 0.25) is 6.79 Å². The van der Waals surface area contributed by atoms with E-state index in [4.69, 9.17) is 14.2 Å². The molecule has 4 rings (SSSR count). The van der Waals surface area contributed by atoms with Crippen molar-refractivity contribution in [3.63, 3.8) is 0 Å². The summed E-state index contributed by atoms with van der Waals surface area (Å²) in [6.45, 7) is 1.85. The number of phenolic OH excluding ortho intramolecular Hbond substituents is 1. The maximum Gasteiger partial charge on any atom is 0.341 e. The molecule has 0 saturated carbocycles. The number of ether oxygens (including phenoxy) is 3. The average molecular weight is 382 g/mol. The Hall–Kier alpha value is -3.55. The Balaban J connectivity index is 1.52. The highest BCUT2D eigenvalue weighted by atomic mass is 16.7. The van der Waals surface area contributed by atoms with Crippen molar-refractivity contribution in [3.8, 4) is 17.2 Å². The van der Waals surface area contributed by atoms with Crippen molar-refractivity contribution in [2.75, 3.05) is 6.79 Å². The number of carbonyl (C=O) groups excluding carboxylic acids is 2. The van der Waals surface area contributed by atoms with Gasteiger partial charge < -0.3 is 24.6 Å². The molecule has 2 aliphatic heterocycles. The van der Waals surface area contributed by atoms with Crippen LogP contribution in [0.1, 0.15) is 24.1 Å². The molecule has 2 unspecified atom stereocenters. The molecule has 2 aromatic rings. The maximum atomic E-state index is 12.8. The summed E-state index contributed by atoms with van der Waals surface area (Å²) >= 11 is 0. The molecule has 8 nitrogen and oxygen atoms in total. The molecule has 2 amide bonds. The predicted octanol–water partition coefficient (Wildman–Crippen LogP) is 2.71. The minimum Gasteiger partial charge on any atom is -0.508 e. The summed E-state index contributed by atoms with van der Waals surface area (Å²) in [6.07, 6.45) is 0. The lowest BCUT2D eigenvalue weighted by Gasteiger charge is -2.29. The second-order valence-corrected chi connectivity index (χ2v) is 6.54. The standard InChI is InChI=1S/C20H18N2O6/c1-11-17(18(22-20(25)21-11)13-3-5-14(23)6-4-13)19(24)26-9-12-2-7-15-16(8-12)28-10-27-15/h2-8,17-18,23H,9-10H2,1H3,(H,22,25). The number of esters is 1. The number of rotatable bonds is 4. The van der Waals surface area contributed by atoms with Gasteiger partial charge in [0.05, 0.1) is 6.04 Å². The van der Waals surface area contributed by atoms with Gasteiger partial charge in [0, 0.05) is 5.71 Å². The molecule has 0 spiro atoms. The van der Waals surface area contributed by atoms with E-state index in [0.29, 0.717) is 22.8 Å². The van der Waals surface area contributed by atoms with Crippen molar-refractivity contribution in [2.24, 2.45) is 10.9 Å². The molecule has 0 fully saturated rings. The van der Waals surface area contributed by atoms with Crippen LogP contribution in [0.2, 0.25) is 0 Å². The number of hydrogen-bond donors (Lipinski definition) is 2. The number of amides is 2. The molecule has 0 aromatic heterocycles. The zero-order chi connectivity index (χ0) is 19.7. The number of urea groups is 1. The van der Waals surface area contributed by atoms with E-state index in [1.807, 2.05) is 0 Å². The van der Waals surface area contributed by atoms with E-state index >= 15 is 0 Å². The lowest BCUT2D eigenvalue weighted by Crippen LogP contribution is -2.44. The van der Waals surface area contributed by atoms with Gasteiger partial charge in [-0.3, -0.25) is 4.79 Å². The zero-order valence-corrected chi connectivity index (χ0v) is 15.0. The first-order valence-corrected chi connectivity index (χ1v) is 8.71. The second kappa shape index (κ2) is 7.22. The van der Waals surface area contributed by atoms with Crippen LogP contribution in [0.5, 0.6) is 17.2 Å². The normalized spacial score (nSPS) is 20.3. The van der Waals surface area contributed by atoms with Gasteiger partial charge in [-0.1, -0.05) is 18.2 Å². The first kappa shape index (κ1) is 17.8. The summed E-state index contributed by atoms with van der Waals surface area (Å²) in [6, 6.07) is 10.5. The maximum absolute atomic E-state index is 12.8. The number of aromatic hydroxyl groups is 1. The fraction of sp³-hybridized carbons (Fsp3) is 0.250. The van der Waals surface area contributed by atoms with Crippen LogP contribution in [-0.4, -0.2) is 29.6 Å². The summed E-state index contributed by atoms with van der Waals surface area (Å²) in [7, 11) is 0. The molecule has 2 heterocycles. The second-order valence-electron chi connectivity index (χ2n) is 6.54. The summed E-state index contributed by atoms with van der Waals surface area (Å²) < 4.78 is 16.1. The Bertz CT molecular complexity index is 954. The number of benzene rings is 2. The van der Waals surface area contributed by atoms with E-state index in [2.05, 4.69) is 10.3 Å². The highest BCUT2D eigenvalue weighted by molar-refractivity contribution is 6.08. The first-order valence-electron chi connectivity index (χ1n) is 8.71. The summed E-state index contributed by atoms with van der Waals surface area (Å²) in [5, 5.41) is 12.2. The van der Waals surface area contributed by atoms with Crippen LogP contribution >= 0.6 is 0 Å². The molecule has 8 heteroatoms. The van der Waals surface area contributed by atoms with E-state index in [-0.39, 0.29) is 19.1 Å². The molecule has 2 aliphatic rings. The van der Waals surface area contributed by atoms with E-state index < -0.39 is 24.0 Å². The van der Waals surface area contributed by atoms with Crippen LogP contribution in [0.4, 0.5) is 4.79 Å². The third kappa shape index (κ3) is 3.48. The van der Waals surface area contributed by atoms with Gasteiger partial charge >= 0.3 is 12.0 Å². The molecule has 2 N–H and O–H groups in total. The van der Waals surface area contributed by atoms with Gasteiger partial charge in [-0.25, -0.2) is 9.79 Å². The highest BCUT2D eigenvalue weighted by Crippen LogP contribution is 2.33. The SMILES string of the molecule is CC1=NC(=O)NC(c2ccc(O)cc2)C1C(=O)OCc1ccc2c(c1)OCO2. The molecule has 144 valence electrons.